The standard InChI is InChI=1S/C20H19ClN2O4/c1-20(2)11-23-17-15(8-13(21)9-16(17)27-20)18(24)22(19(23)25)10-12-4-6-14(26-3)7-5-12/h4-9H,10-11H2,1-3H3. The summed E-state index contributed by atoms with van der Waals surface area (Å²) >= 11 is 6.20. The highest BCUT2D eigenvalue weighted by atomic mass is 35.5. The van der Waals surface area contributed by atoms with Gasteiger partial charge < -0.3 is 9.47 Å². The van der Waals surface area contributed by atoms with E-state index >= 15 is 0 Å². The number of halogens is 1. The number of rotatable bonds is 3. The van der Waals surface area contributed by atoms with Crippen LogP contribution in [0, 0.1) is 0 Å². The van der Waals surface area contributed by atoms with Crippen LogP contribution in [-0.4, -0.2) is 21.8 Å². The maximum absolute atomic E-state index is 13.1. The molecule has 0 aliphatic carbocycles. The molecular weight excluding hydrogens is 368 g/mol. The van der Waals surface area contributed by atoms with Gasteiger partial charge in [-0.2, -0.15) is 0 Å². The smallest absolute Gasteiger partial charge is 0.332 e. The molecule has 140 valence electrons. The van der Waals surface area contributed by atoms with Crippen LogP contribution in [0.2, 0.25) is 5.02 Å². The quantitative estimate of drug-likeness (QED) is 0.694. The highest BCUT2D eigenvalue weighted by Gasteiger charge is 2.31. The average Bonchev–Trinajstić information content (AvgIpc) is 2.62. The Balaban J connectivity index is 1.95. The van der Waals surface area contributed by atoms with E-state index in [1.165, 1.54) is 4.57 Å². The zero-order chi connectivity index (χ0) is 19.3. The zero-order valence-electron chi connectivity index (χ0n) is 15.3. The Morgan fingerprint density at radius 1 is 1.19 bits per heavy atom. The number of methoxy groups -OCH3 is 1. The second kappa shape index (κ2) is 6.16. The number of benzene rings is 2. The van der Waals surface area contributed by atoms with Crippen LogP contribution >= 0.6 is 11.6 Å². The summed E-state index contributed by atoms with van der Waals surface area (Å²) in [6, 6.07) is 10.5. The first-order valence-corrected chi connectivity index (χ1v) is 8.96. The van der Waals surface area contributed by atoms with E-state index in [0.29, 0.717) is 34.0 Å². The normalized spacial score (nSPS) is 14.8. The van der Waals surface area contributed by atoms with Crippen molar-refractivity contribution in [2.45, 2.75) is 32.5 Å². The number of nitrogens with zero attached hydrogens (tertiary/aromatic N) is 2. The Labute approximate surface area is 160 Å². The predicted octanol–water partition coefficient (Wildman–Crippen LogP) is 3.04. The third kappa shape index (κ3) is 3.00. The van der Waals surface area contributed by atoms with Gasteiger partial charge in [0.25, 0.3) is 5.56 Å². The van der Waals surface area contributed by atoms with E-state index in [2.05, 4.69) is 0 Å². The highest BCUT2D eigenvalue weighted by Crippen LogP contribution is 2.34. The maximum atomic E-state index is 13.1. The zero-order valence-corrected chi connectivity index (χ0v) is 16.0. The van der Waals surface area contributed by atoms with Crippen molar-refractivity contribution in [3.63, 3.8) is 0 Å². The van der Waals surface area contributed by atoms with Crippen molar-refractivity contribution in [1.29, 1.82) is 0 Å². The van der Waals surface area contributed by atoms with Gasteiger partial charge in [-0.05, 0) is 37.6 Å². The van der Waals surface area contributed by atoms with Crippen LogP contribution < -0.4 is 20.7 Å². The minimum Gasteiger partial charge on any atom is -0.497 e. The Morgan fingerprint density at radius 3 is 2.56 bits per heavy atom. The van der Waals surface area contributed by atoms with Crippen molar-refractivity contribution in [1.82, 2.24) is 9.13 Å². The van der Waals surface area contributed by atoms with E-state index in [1.54, 1.807) is 35.9 Å². The Kier molecular flexibility index (Phi) is 4.03. The van der Waals surface area contributed by atoms with Crippen LogP contribution in [0.3, 0.4) is 0 Å². The second-order valence-corrected chi connectivity index (χ2v) is 7.71. The van der Waals surface area contributed by atoms with Crippen molar-refractivity contribution < 1.29 is 9.47 Å². The fourth-order valence-corrected chi connectivity index (χ4v) is 3.69. The largest absolute Gasteiger partial charge is 0.497 e. The van der Waals surface area contributed by atoms with E-state index in [-0.39, 0.29) is 17.8 Å². The van der Waals surface area contributed by atoms with Crippen LogP contribution in [0.5, 0.6) is 11.5 Å². The van der Waals surface area contributed by atoms with Gasteiger partial charge in [0.05, 0.1) is 25.6 Å². The molecule has 4 rings (SSSR count). The van der Waals surface area contributed by atoms with Gasteiger partial charge in [-0.15, -0.1) is 0 Å². The first-order valence-electron chi connectivity index (χ1n) is 8.58. The third-order valence-electron chi connectivity index (χ3n) is 4.67. The van der Waals surface area contributed by atoms with Crippen LogP contribution in [0.15, 0.2) is 46.0 Å². The molecule has 1 aliphatic rings. The molecule has 1 aliphatic heterocycles. The SMILES string of the molecule is COc1ccc(Cn2c(=O)c3cc(Cl)cc4c3n(c2=O)CC(C)(C)O4)cc1. The second-order valence-electron chi connectivity index (χ2n) is 7.27. The minimum atomic E-state index is -0.587. The molecule has 7 heteroatoms. The van der Waals surface area contributed by atoms with Gasteiger partial charge >= 0.3 is 5.69 Å². The molecule has 0 unspecified atom stereocenters. The monoisotopic (exact) mass is 386 g/mol. The maximum Gasteiger partial charge on any atom is 0.332 e. The number of hydrogen-bond donors (Lipinski definition) is 0. The summed E-state index contributed by atoms with van der Waals surface area (Å²) in [6.07, 6.45) is 0. The molecule has 6 nitrogen and oxygen atoms in total. The van der Waals surface area contributed by atoms with Crippen molar-refractivity contribution in [3.8, 4) is 11.5 Å². The predicted molar refractivity (Wildman–Crippen MR) is 104 cm³/mol. The Bertz CT molecular complexity index is 1160. The van der Waals surface area contributed by atoms with Crippen LogP contribution in [0.25, 0.3) is 10.9 Å². The molecule has 0 saturated carbocycles. The van der Waals surface area contributed by atoms with E-state index in [0.717, 1.165) is 5.56 Å². The van der Waals surface area contributed by atoms with E-state index in [9.17, 15) is 9.59 Å². The van der Waals surface area contributed by atoms with Gasteiger partial charge in [-0.25, -0.2) is 4.79 Å². The van der Waals surface area contributed by atoms with Crippen LogP contribution in [-0.2, 0) is 13.1 Å². The fraction of sp³-hybridized carbons (Fsp3) is 0.300. The van der Waals surface area contributed by atoms with E-state index < -0.39 is 5.60 Å². The Hall–Kier alpha value is -2.73. The van der Waals surface area contributed by atoms with Crippen molar-refractivity contribution in [3.05, 3.63) is 67.8 Å². The molecular formula is C20H19ClN2O4. The Morgan fingerprint density at radius 2 is 1.89 bits per heavy atom. The third-order valence-corrected chi connectivity index (χ3v) is 4.89. The summed E-state index contributed by atoms with van der Waals surface area (Å²) in [6.45, 7) is 4.31. The lowest BCUT2D eigenvalue weighted by Gasteiger charge is -2.33. The summed E-state index contributed by atoms with van der Waals surface area (Å²) in [5, 5.41) is 0.773. The molecule has 2 aromatic carbocycles. The average molecular weight is 387 g/mol. The van der Waals surface area contributed by atoms with E-state index in [4.69, 9.17) is 21.1 Å². The first kappa shape index (κ1) is 17.7. The molecule has 0 N–H and O–H groups in total. The summed E-state index contributed by atoms with van der Waals surface area (Å²) in [7, 11) is 1.59. The van der Waals surface area contributed by atoms with Gasteiger partial charge in [0.15, 0.2) is 0 Å². The van der Waals surface area contributed by atoms with Gasteiger partial charge in [-0.1, -0.05) is 23.7 Å². The molecule has 0 radical (unpaired) electrons. The summed E-state index contributed by atoms with van der Waals surface area (Å²) < 4.78 is 14.0. The number of hydrogen-bond acceptors (Lipinski definition) is 4. The summed E-state index contributed by atoms with van der Waals surface area (Å²) in [5.74, 6) is 1.17. The molecule has 3 aromatic rings. The lowest BCUT2D eigenvalue weighted by molar-refractivity contribution is 0.0787. The molecule has 27 heavy (non-hydrogen) atoms. The van der Waals surface area contributed by atoms with Crippen LogP contribution in [0.4, 0.5) is 0 Å². The summed E-state index contributed by atoms with van der Waals surface area (Å²) in [5.41, 5.74) is 0.00405. The molecule has 0 bridgehead atoms. The topological polar surface area (TPSA) is 62.5 Å². The fourth-order valence-electron chi connectivity index (χ4n) is 3.48. The van der Waals surface area contributed by atoms with Gasteiger partial charge in [0, 0.05) is 11.1 Å². The van der Waals surface area contributed by atoms with Crippen LogP contribution in [0.1, 0.15) is 19.4 Å². The van der Waals surface area contributed by atoms with Crippen molar-refractivity contribution in [2.24, 2.45) is 0 Å². The summed E-state index contributed by atoms with van der Waals surface area (Å²) in [4.78, 5) is 26.2. The lowest BCUT2D eigenvalue weighted by Crippen LogP contribution is -2.47. The van der Waals surface area contributed by atoms with Crippen molar-refractivity contribution >= 4 is 22.5 Å². The molecule has 0 amide bonds. The van der Waals surface area contributed by atoms with Gasteiger partial charge in [-0.3, -0.25) is 13.9 Å². The highest BCUT2D eigenvalue weighted by molar-refractivity contribution is 6.31. The van der Waals surface area contributed by atoms with Crippen molar-refractivity contribution in [2.75, 3.05) is 7.11 Å². The molecule has 0 fully saturated rings. The van der Waals surface area contributed by atoms with Gasteiger partial charge in [0.1, 0.15) is 22.6 Å². The molecule has 0 saturated heterocycles. The minimum absolute atomic E-state index is 0.167. The molecule has 2 heterocycles. The molecule has 0 atom stereocenters. The van der Waals surface area contributed by atoms with E-state index in [1.807, 2.05) is 26.0 Å². The lowest BCUT2D eigenvalue weighted by atomic mass is 10.1. The number of ether oxygens (including phenoxy) is 2. The first-order chi connectivity index (χ1) is 12.8. The number of aromatic nitrogens is 2. The molecule has 0 spiro atoms. The van der Waals surface area contributed by atoms with Gasteiger partial charge in [0.2, 0.25) is 0 Å². The molecule has 1 aromatic heterocycles.